The molecule has 3 aromatic rings. The Hall–Kier alpha value is -2.03. The number of pyridine rings is 1. The Bertz CT molecular complexity index is 663. The van der Waals surface area contributed by atoms with Crippen molar-refractivity contribution in [1.82, 2.24) is 9.97 Å². The Balaban J connectivity index is 2.65. The Labute approximate surface area is 79.4 Å². The summed E-state index contributed by atoms with van der Waals surface area (Å²) in [4.78, 5) is 17.2. The Morgan fingerprint density at radius 2 is 1.71 bits per heavy atom. The van der Waals surface area contributed by atoms with Crippen molar-refractivity contribution in [2.45, 2.75) is 0 Å². The number of aromatic nitrogens is 2. The van der Waals surface area contributed by atoms with E-state index in [4.69, 9.17) is 0 Å². The van der Waals surface area contributed by atoms with Crippen molar-refractivity contribution in [2.24, 2.45) is 0 Å². The summed E-state index contributed by atoms with van der Waals surface area (Å²) in [5.41, 5.74) is 2.82. The van der Waals surface area contributed by atoms with Crippen molar-refractivity contribution >= 4 is 21.9 Å². The Morgan fingerprint density at radius 1 is 0.857 bits per heavy atom. The molecular formula is C11H8N2O. The molecule has 0 aliphatic carbocycles. The summed E-state index contributed by atoms with van der Waals surface area (Å²) in [5.74, 6) is 0. The van der Waals surface area contributed by atoms with Gasteiger partial charge in [0.2, 0.25) is 5.56 Å². The fourth-order valence-electron chi connectivity index (χ4n) is 1.75. The number of rotatable bonds is 0. The molecule has 0 fully saturated rings. The number of nitrogens with one attached hydrogen (secondary N) is 2. The quantitative estimate of drug-likeness (QED) is 0.551. The predicted octanol–water partition coefficient (Wildman–Crippen LogP) is 2.01. The van der Waals surface area contributed by atoms with Crippen LogP contribution in [0, 0.1) is 0 Å². The van der Waals surface area contributed by atoms with E-state index in [9.17, 15) is 4.79 Å². The first-order chi connectivity index (χ1) is 6.84. The number of fused-ring (bicyclic) bond motifs is 3. The molecule has 0 saturated carbocycles. The van der Waals surface area contributed by atoms with Crippen molar-refractivity contribution in [1.29, 1.82) is 0 Å². The molecule has 0 aliphatic heterocycles. The smallest absolute Gasteiger partial charge is 0.248 e. The first kappa shape index (κ1) is 7.38. The zero-order valence-corrected chi connectivity index (χ0v) is 7.37. The first-order valence-corrected chi connectivity index (χ1v) is 4.44. The highest BCUT2D eigenvalue weighted by atomic mass is 16.1. The minimum Gasteiger partial charge on any atom is -0.353 e. The van der Waals surface area contributed by atoms with Gasteiger partial charge in [0.1, 0.15) is 0 Å². The van der Waals surface area contributed by atoms with Gasteiger partial charge in [-0.05, 0) is 12.1 Å². The van der Waals surface area contributed by atoms with Gasteiger partial charge in [-0.2, -0.15) is 0 Å². The third-order valence-corrected chi connectivity index (χ3v) is 2.38. The van der Waals surface area contributed by atoms with Crippen LogP contribution in [0.25, 0.3) is 21.9 Å². The minimum atomic E-state index is -0.0674. The summed E-state index contributed by atoms with van der Waals surface area (Å²) < 4.78 is 0. The van der Waals surface area contributed by atoms with Gasteiger partial charge >= 0.3 is 0 Å². The van der Waals surface area contributed by atoms with Crippen LogP contribution in [-0.4, -0.2) is 9.97 Å². The molecule has 2 N–H and O–H groups in total. The van der Waals surface area contributed by atoms with E-state index in [1.165, 1.54) is 6.07 Å². The molecule has 3 heteroatoms. The molecule has 3 rings (SSSR count). The van der Waals surface area contributed by atoms with E-state index in [2.05, 4.69) is 9.97 Å². The fraction of sp³-hybridized carbons (Fsp3) is 0. The van der Waals surface area contributed by atoms with Gasteiger partial charge < -0.3 is 9.97 Å². The van der Waals surface area contributed by atoms with E-state index in [-0.39, 0.29) is 5.56 Å². The number of aromatic amines is 2. The number of hydrogen-bond acceptors (Lipinski definition) is 1. The van der Waals surface area contributed by atoms with Gasteiger partial charge in [-0.1, -0.05) is 18.2 Å². The van der Waals surface area contributed by atoms with Crippen LogP contribution in [0.1, 0.15) is 0 Å². The first-order valence-electron chi connectivity index (χ1n) is 4.44. The van der Waals surface area contributed by atoms with Crippen molar-refractivity contribution < 1.29 is 0 Å². The summed E-state index contributed by atoms with van der Waals surface area (Å²) >= 11 is 0. The second-order valence-electron chi connectivity index (χ2n) is 3.28. The van der Waals surface area contributed by atoms with E-state index in [0.29, 0.717) is 0 Å². The maximum absolute atomic E-state index is 11.2. The summed E-state index contributed by atoms with van der Waals surface area (Å²) in [7, 11) is 0. The fourth-order valence-corrected chi connectivity index (χ4v) is 1.75. The normalized spacial score (nSPS) is 11.1. The number of benzene rings is 1. The maximum atomic E-state index is 11.2. The van der Waals surface area contributed by atoms with Gasteiger partial charge in [0.15, 0.2) is 0 Å². The minimum absolute atomic E-state index is 0.0674. The van der Waals surface area contributed by atoms with Crippen LogP contribution in [0.4, 0.5) is 0 Å². The number of para-hydroxylation sites is 1. The van der Waals surface area contributed by atoms with E-state index in [1.54, 1.807) is 6.07 Å². The lowest BCUT2D eigenvalue weighted by Gasteiger charge is -1.88. The van der Waals surface area contributed by atoms with Crippen LogP contribution in [0.15, 0.2) is 41.2 Å². The van der Waals surface area contributed by atoms with Crippen LogP contribution in [0.3, 0.4) is 0 Å². The topological polar surface area (TPSA) is 48.6 Å². The summed E-state index contributed by atoms with van der Waals surface area (Å²) in [6.45, 7) is 0. The van der Waals surface area contributed by atoms with Gasteiger partial charge in [0.25, 0.3) is 0 Å². The van der Waals surface area contributed by atoms with Crippen molar-refractivity contribution in [3.63, 3.8) is 0 Å². The third-order valence-electron chi connectivity index (χ3n) is 2.38. The Morgan fingerprint density at radius 3 is 2.64 bits per heavy atom. The zero-order chi connectivity index (χ0) is 9.54. The number of hydrogen-bond donors (Lipinski definition) is 2. The molecule has 0 amide bonds. The molecule has 14 heavy (non-hydrogen) atoms. The second kappa shape index (κ2) is 2.48. The van der Waals surface area contributed by atoms with Crippen molar-refractivity contribution in [3.8, 4) is 0 Å². The molecule has 0 bridgehead atoms. The lowest BCUT2D eigenvalue weighted by atomic mass is 10.2. The lowest BCUT2D eigenvalue weighted by Crippen LogP contribution is -2.01. The molecule has 0 atom stereocenters. The van der Waals surface area contributed by atoms with Crippen LogP contribution >= 0.6 is 0 Å². The van der Waals surface area contributed by atoms with Gasteiger partial charge in [0, 0.05) is 17.0 Å². The van der Waals surface area contributed by atoms with Crippen LogP contribution in [-0.2, 0) is 0 Å². The largest absolute Gasteiger partial charge is 0.353 e. The monoisotopic (exact) mass is 184 g/mol. The van der Waals surface area contributed by atoms with Crippen LogP contribution in [0.5, 0.6) is 0 Å². The van der Waals surface area contributed by atoms with Gasteiger partial charge in [0.05, 0.1) is 11.0 Å². The molecule has 0 aliphatic rings. The molecule has 0 radical (unpaired) electrons. The lowest BCUT2D eigenvalue weighted by molar-refractivity contribution is 1.31. The SMILES string of the molecule is O=c1ccc2[nH]c3ccccc3c2[nH]1. The average molecular weight is 184 g/mol. The van der Waals surface area contributed by atoms with Crippen LogP contribution < -0.4 is 5.56 Å². The summed E-state index contributed by atoms with van der Waals surface area (Å²) in [6, 6.07) is 11.2. The highest BCUT2D eigenvalue weighted by molar-refractivity contribution is 6.04. The van der Waals surface area contributed by atoms with E-state index < -0.39 is 0 Å². The van der Waals surface area contributed by atoms with E-state index >= 15 is 0 Å². The molecule has 2 aromatic heterocycles. The molecule has 0 unspecified atom stereocenters. The van der Waals surface area contributed by atoms with E-state index in [1.807, 2.05) is 24.3 Å². The molecule has 0 spiro atoms. The standard InChI is InChI=1S/C11H8N2O/c14-10-6-5-9-11(13-10)7-3-1-2-4-8(7)12-9/h1-6,12H,(H,13,14). The van der Waals surface area contributed by atoms with Crippen molar-refractivity contribution in [3.05, 3.63) is 46.8 Å². The van der Waals surface area contributed by atoms with E-state index in [0.717, 1.165) is 21.9 Å². The molecular weight excluding hydrogens is 176 g/mol. The van der Waals surface area contributed by atoms with Gasteiger partial charge in [-0.25, -0.2) is 0 Å². The maximum Gasteiger partial charge on any atom is 0.248 e. The van der Waals surface area contributed by atoms with Gasteiger partial charge in [-0.15, -0.1) is 0 Å². The molecule has 2 heterocycles. The average Bonchev–Trinajstić information content (AvgIpc) is 2.56. The molecule has 1 aromatic carbocycles. The predicted molar refractivity (Wildman–Crippen MR) is 56.4 cm³/mol. The molecule has 3 nitrogen and oxygen atoms in total. The van der Waals surface area contributed by atoms with Crippen LogP contribution in [0.2, 0.25) is 0 Å². The highest BCUT2D eigenvalue weighted by Crippen LogP contribution is 2.21. The van der Waals surface area contributed by atoms with Crippen molar-refractivity contribution in [2.75, 3.05) is 0 Å². The third kappa shape index (κ3) is 0.893. The van der Waals surface area contributed by atoms with Gasteiger partial charge in [-0.3, -0.25) is 4.79 Å². The number of H-pyrrole nitrogens is 2. The molecule has 0 saturated heterocycles. The Kier molecular flexibility index (Phi) is 1.31. The summed E-state index contributed by atoms with van der Waals surface area (Å²) in [5, 5.41) is 1.06. The molecule has 68 valence electrons. The second-order valence-corrected chi connectivity index (χ2v) is 3.28. The summed E-state index contributed by atoms with van der Waals surface area (Å²) in [6.07, 6.45) is 0. The highest BCUT2D eigenvalue weighted by Gasteiger charge is 2.02. The zero-order valence-electron chi connectivity index (χ0n) is 7.37.